The van der Waals surface area contributed by atoms with Gasteiger partial charge in [0.25, 0.3) is 5.91 Å². The Kier molecular flexibility index (Phi) is 9.19. The van der Waals surface area contributed by atoms with Gasteiger partial charge in [0.1, 0.15) is 17.5 Å². The van der Waals surface area contributed by atoms with E-state index in [-0.39, 0.29) is 34.2 Å². The first kappa shape index (κ1) is 30.6. The van der Waals surface area contributed by atoms with E-state index >= 15 is 0 Å². The SMILES string of the molecule is Cc1ccc(C(=N)/C=C(\c2ncc(C=O)[nH]2)C(C)(C)C)cc1F.Cc1nc(C(=O)N2CCN(C)C(C)(C)C2)n[nH]1. The molecule has 11 heteroatoms. The normalized spacial score (nSPS) is 15.8. The van der Waals surface area contributed by atoms with Gasteiger partial charge in [0.2, 0.25) is 5.82 Å². The maximum atomic E-state index is 13.7. The maximum Gasteiger partial charge on any atom is 0.293 e. The van der Waals surface area contributed by atoms with Crippen molar-refractivity contribution in [3.05, 3.63) is 70.6 Å². The Morgan fingerprint density at radius 3 is 2.42 bits per heavy atom. The number of imidazole rings is 1. The molecule has 0 unspecified atom stereocenters. The van der Waals surface area contributed by atoms with Gasteiger partial charge in [0, 0.05) is 36.3 Å². The number of carbonyl (C=O) groups is 2. The summed E-state index contributed by atoms with van der Waals surface area (Å²) in [5.74, 6) is 1.05. The zero-order valence-corrected chi connectivity index (χ0v) is 24.5. The molecule has 0 saturated carbocycles. The minimum absolute atomic E-state index is 0.000732. The predicted octanol–water partition coefficient (Wildman–Crippen LogP) is 4.45. The number of allylic oxidation sites excluding steroid dienone is 2. The van der Waals surface area contributed by atoms with E-state index in [4.69, 9.17) is 5.41 Å². The first-order valence-corrected chi connectivity index (χ1v) is 13.1. The third-order valence-corrected chi connectivity index (χ3v) is 6.95. The van der Waals surface area contributed by atoms with E-state index in [0.29, 0.717) is 41.3 Å². The second kappa shape index (κ2) is 12.0. The van der Waals surface area contributed by atoms with Gasteiger partial charge in [-0.25, -0.2) is 14.4 Å². The quantitative estimate of drug-likeness (QED) is 0.317. The van der Waals surface area contributed by atoms with Crippen molar-refractivity contribution < 1.29 is 14.0 Å². The standard InChI is InChI=1S/C18H20FN3O.C11H19N5O/c1-11-5-6-12(7-15(11)19)16(20)8-14(18(2,3)4)17-21-9-13(10-23)22-17;1-8-12-9(14-13-8)10(17)16-6-5-15(4)11(2,3)7-16/h5-10,20H,1-4H3,(H,21,22);5-7H2,1-4H3,(H,12,13,14)/b14-8+,20-16?;. The van der Waals surface area contributed by atoms with E-state index < -0.39 is 0 Å². The van der Waals surface area contributed by atoms with Gasteiger partial charge in [-0.1, -0.05) is 32.9 Å². The lowest BCUT2D eigenvalue weighted by molar-refractivity contribution is 0.0303. The molecule has 0 radical (unpaired) electrons. The Labute approximate surface area is 234 Å². The lowest BCUT2D eigenvalue weighted by Gasteiger charge is -2.44. The van der Waals surface area contributed by atoms with Gasteiger partial charge in [-0.2, -0.15) is 0 Å². The number of piperazine rings is 1. The molecule has 1 amide bonds. The van der Waals surface area contributed by atoms with E-state index in [9.17, 15) is 14.0 Å². The summed E-state index contributed by atoms with van der Waals surface area (Å²) in [5, 5.41) is 14.9. The van der Waals surface area contributed by atoms with Gasteiger partial charge in [-0.3, -0.25) is 19.6 Å². The molecule has 3 N–H and O–H groups in total. The van der Waals surface area contributed by atoms with E-state index in [1.165, 1.54) is 12.3 Å². The number of aldehydes is 1. The number of nitrogens with zero attached hydrogens (tertiary/aromatic N) is 5. The van der Waals surface area contributed by atoms with Crippen LogP contribution in [0, 0.1) is 30.5 Å². The largest absolute Gasteiger partial charge is 0.336 e. The number of H-pyrrole nitrogens is 2. The monoisotopic (exact) mass is 550 g/mol. The molecule has 0 atom stereocenters. The van der Waals surface area contributed by atoms with Gasteiger partial charge < -0.3 is 15.3 Å². The van der Waals surface area contributed by atoms with Crippen molar-refractivity contribution in [2.75, 3.05) is 26.7 Å². The van der Waals surface area contributed by atoms with Crippen LogP contribution in [0.4, 0.5) is 4.39 Å². The van der Waals surface area contributed by atoms with Crippen molar-refractivity contribution >= 4 is 23.5 Å². The summed E-state index contributed by atoms with van der Waals surface area (Å²) in [6, 6.07) is 4.73. The van der Waals surface area contributed by atoms with Crippen LogP contribution in [0.25, 0.3) is 5.57 Å². The van der Waals surface area contributed by atoms with E-state index in [1.807, 2.05) is 25.7 Å². The average molecular weight is 551 g/mol. The van der Waals surface area contributed by atoms with E-state index in [2.05, 4.69) is 50.9 Å². The molecule has 2 aromatic heterocycles. The molecular formula is C29H39FN8O2. The minimum atomic E-state index is -0.334. The highest BCUT2D eigenvalue weighted by Gasteiger charge is 2.34. The van der Waals surface area contributed by atoms with Gasteiger partial charge in [0.15, 0.2) is 6.29 Å². The zero-order valence-electron chi connectivity index (χ0n) is 24.5. The van der Waals surface area contributed by atoms with Crippen LogP contribution < -0.4 is 0 Å². The van der Waals surface area contributed by atoms with Crippen molar-refractivity contribution in [2.45, 2.75) is 54.0 Å². The van der Waals surface area contributed by atoms with E-state index in [0.717, 1.165) is 18.7 Å². The van der Waals surface area contributed by atoms with Gasteiger partial charge in [-0.15, -0.1) is 5.10 Å². The number of rotatable bonds is 5. The fourth-order valence-corrected chi connectivity index (χ4v) is 4.15. The molecular weight excluding hydrogens is 511 g/mol. The van der Waals surface area contributed by atoms with Crippen LogP contribution in [0.3, 0.4) is 0 Å². The number of aromatic amines is 2. The summed E-state index contributed by atoms with van der Waals surface area (Å²) < 4.78 is 13.7. The lowest BCUT2D eigenvalue weighted by atomic mass is 9.84. The predicted molar refractivity (Wildman–Crippen MR) is 153 cm³/mol. The van der Waals surface area contributed by atoms with Crippen LogP contribution in [0.1, 0.15) is 78.5 Å². The van der Waals surface area contributed by atoms with Gasteiger partial charge >= 0.3 is 0 Å². The first-order valence-electron chi connectivity index (χ1n) is 13.1. The number of benzene rings is 1. The molecule has 4 rings (SSSR count). The Morgan fingerprint density at radius 1 is 1.20 bits per heavy atom. The molecule has 1 aliphatic rings. The minimum Gasteiger partial charge on any atom is -0.336 e. The highest BCUT2D eigenvalue weighted by Crippen LogP contribution is 2.32. The molecule has 3 aromatic rings. The molecule has 0 bridgehead atoms. The number of halogens is 1. The molecule has 0 aliphatic carbocycles. The summed E-state index contributed by atoms with van der Waals surface area (Å²) in [5.41, 5.74) is 2.09. The second-order valence-corrected chi connectivity index (χ2v) is 11.7. The molecule has 1 aliphatic heterocycles. The van der Waals surface area contributed by atoms with Gasteiger partial charge in [-0.05, 0) is 57.9 Å². The second-order valence-electron chi connectivity index (χ2n) is 11.7. The summed E-state index contributed by atoms with van der Waals surface area (Å²) in [6.45, 7) is 16.0. The van der Waals surface area contributed by atoms with Gasteiger partial charge in [0.05, 0.1) is 17.6 Å². The Bertz CT molecular complexity index is 1410. The van der Waals surface area contributed by atoms with Crippen LogP contribution in [0.2, 0.25) is 0 Å². The Hall–Kier alpha value is -3.99. The molecule has 0 spiro atoms. The van der Waals surface area contributed by atoms with Crippen molar-refractivity contribution in [2.24, 2.45) is 5.41 Å². The molecule has 214 valence electrons. The first-order chi connectivity index (χ1) is 18.6. The zero-order chi connectivity index (χ0) is 29.8. The summed E-state index contributed by atoms with van der Waals surface area (Å²) >= 11 is 0. The van der Waals surface area contributed by atoms with Crippen LogP contribution in [0.15, 0.2) is 30.5 Å². The average Bonchev–Trinajstić information content (AvgIpc) is 3.54. The molecule has 10 nitrogen and oxygen atoms in total. The van der Waals surface area contributed by atoms with Crippen molar-refractivity contribution in [3.63, 3.8) is 0 Å². The van der Waals surface area contributed by atoms with Crippen LogP contribution >= 0.6 is 0 Å². The Morgan fingerprint density at radius 2 is 1.90 bits per heavy atom. The third kappa shape index (κ3) is 7.35. The summed E-state index contributed by atoms with van der Waals surface area (Å²) in [4.78, 5) is 38.3. The number of amides is 1. The number of nitrogens with one attached hydrogen (secondary N) is 3. The smallest absolute Gasteiger partial charge is 0.293 e. The number of hydrogen-bond acceptors (Lipinski definition) is 7. The fraction of sp³-hybridized carbons (Fsp3) is 0.448. The third-order valence-electron chi connectivity index (χ3n) is 6.95. The number of carbonyl (C=O) groups excluding carboxylic acids is 2. The maximum absolute atomic E-state index is 13.7. The fourth-order valence-electron chi connectivity index (χ4n) is 4.15. The summed E-state index contributed by atoms with van der Waals surface area (Å²) in [6.07, 6.45) is 3.81. The number of hydrogen-bond donors (Lipinski definition) is 3. The van der Waals surface area contributed by atoms with Crippen molar-refractivity contribution in [1.82, 2.24) is 34.9 Å². The van der Waals surface area contributed by atoms with Crippen LogP contribution in [0.5, 0.6) is 0 Å². The number of aryl methyl sites for hydroxylation is 2. The summed E-state index contributed by atoms with van der Waals surface area (Å²) in [7, 11) is 2.08. The van der Waals surface area contributed by atoms with Crippen LogP contribution in [-0.2, 0) is 0 Å². The topological polar surface area (TPSA) is 135 Å². The van der Waals surface area contributed by atoms with E-state index in [1.54, 1.807) is 32.1 Å². The molecule has 1 fully saturated rings. The van der Waals surface area contributed by atoms with Crippen molar-refractivity contribution in [1.29, 1.82) is 5.41 Å². The molecule has 1 aromatic carbocycles. The molecule has 1 saturated heterocycles. The highest BCUT2D eigenvalue weighted by molar-refractivity contribution is 6.10. The Balaban J connectivity index is 0.000000230. The molecule has 3 heterocycles. The number of likely N-dealkylation sites (N-methyl/N-ethyl adjacent to an activating group) is 1. The highest BCUT2D eigenvalue weighted by atomic mass is 19.1. The van der Waals surface area contributed by atoms with Crippen LogP contribution in [-0.4, -0.2) is 85.1 Å². The van der Waals surface area contributed by atoms with Crippen molar-refractivity contribution in [3.8, 4) is 0 Å². The lowest BCUT2D eigenvalue weighted by Crippen LogP contribution is -2.59. The molecule has 40 heavy (non-hydrogen) atoms. The number of aromatic nitrogens is 5.